The highest BCUT2D eigenvalue weighted by atomic mass is 15.0. The average molecular weight is 772 g/mol. The number of aromatic nitrogens is 5. The van der Waals surface area contributed by atoms with E-state index in [1.165, 1.54) is 62.0 Å². The molecule has 11 aromatic rings. The van der Waals surface area contributed by atoms with Crippen molar-refractivity contribution in [2.45, 2.75) is 26.2 Å². The number of nitrogens with zero attached hydrogens (tertiary/aromatic N) is 5. The highest BCUT2D eigenvalue weighted by Gasteiger charge is 2.19. The normalized spacial score (nSPS) is 11.6. The number of para-hydroxylation sites is 2. The summed E-state index contributed by atoms with van der Waals surface area (Å²) in [5, 5.41) is 5.08. The van der Waals surface area contributed by atoms with Gasteiger partial charge in [-0.15, -0.1) is 0 Å². The van der Waals surface area contributed by atoms with Crippen LogP contribution in [-0.4, -0.2) is 24.1 Å². The molecule has 0 saturated heterocycles. The lowest BCUT2D eigenvalue weighted by Gasteiger charge is -2.12. The van der Waals surface area contributed by atoms with Crippen LogP contribution in [0.2, 0.25) is 0 Å². The smallest absolute Gasteiger partial charge is 0.164 e. The Kier molecular flexibility index (Phi) is 8.85. The number of unbranched alkanes of at least 4 members (excludes halogenated alkanes) is 1. The molecule has 3 heterocycles. The van der Waals surface area contributed by atoms with Gasteiger partial charge in [0, 0.05) is 49.6 Å². The second kappa shape index (κ2) is 14.9. The van der Waals surface area contributed by atoms with Crippen LogP contribution in [0.4, 0.5) is 0 Å². The van der Waals surface area contributed by atoms with Gasteiger partial charge in [-0.25, -0.2) is 15.0 Å². The van der Waals surface area contributed by atoms with E-state index >= 15 is 0 Å². The Morgan fingerprint density at radius 2 is 0.850 bits per heavy atom. The van der Waals surface area contributed by atoms with E-state index in [0.717, 1.165) is 45.6 Å². The first-order valence-electron chi connectivity index (χ1n) is 20.8. The average Bonchev–Trinajstić information content (AvgIpc) is 3.82. The fourth-order valence-electron chi connectivity index (χ4n) is 8.77. The van der Waals surface area contributed by atoms with Crippen LogP contribution in [0.15, 0.2) is 194 Å². The van der Waals surface area contributed by atoms with Crippen LogP contribution in [0.5, 0.6) is 0 Å². The first-order chi connectivity index (χ1) is 29.7. The van der Waals surface area contributed by atoms with Crippen LogP contribution in [0.1, 0.15) is 25.3 Å². The first-order valence-corrected chi connectivity index (χ1v) is 20.8. The van der Waals surface area contributed by atoms with Gasteiger partial charge >= 0.3 is 0 Å². The zero-order valence-electron chi connectivity index (χ0n) is 33.3. The third kappa shape index (κ3) is 6.23. The van der Waals surface area contributed by atoms with Crippen LogP contribution >= 0.6 is 0 Å². The van der Waals surface area contributed by atoms with E-state index < -0.39 is 0 Å². The summed E-state index contributed by atoms with van der Waals surface area (Å²) >= 11 is 0. The summed E-state index contributed by atoms with van der Waals surface area (Å²) in [7, 11) is 0. The van der Waals surface area contributed by atoms with Gasteiger partial charge in [0.1, 0.15) is 0 Å². The zero-order chi connectivity index (χ0) is 40.0. The highest BCUT2D eigenvalue weighted by Crippen LogP contribution is 2.40. The van der Waals surface area contributed by atoms with Gasteiger partial charge in [0.25, 0.3) is 0 Å². The van der Waals surface area contributed by atoms with Gasteiger partial charge in [0.05, 0.1) is 22.1 Å². The molecule has 0 aliphatic carbocycles. The van der Waals surface area contributed by atoms with Gasteiger partial charge in [0.2, 0.25) is 0 Å². The molecule has 8 aromatic carbocycles. The minimum absolute atomic E-state index is 0.644. The Labute approximate surface area is 348 Å². The molecule has 11 rings (SSSR count). The molecule has 0 fully saturated rings. The molecule has 0 spiro atoms. The molecule has 0 radical (unpaired) electrons. The number of benzene rings is 8. The van der Waals surface area contributed by atoms with Crippen molar-refractivity contribution in [3.05, 3.63) is 200 Å². The van der Waals surface area contributed by atoms with E-state index in [9.17, 15) is 0 Å². The van der Waals surface area contributed by atoms with Gasteiger partial charge in [-0.05, 0) is 84.1 Å². The van der Waals surface area contributed by atoms with Crippen LogP contribution in [-0.2, 0) is 6.42 Å². The molecule has 0 aliphatic heterocycles. The van der Waals surface area contributed by atoms with Gasteiger partial charge in [-0.1, -0.05) is 153 Å². The fraction of sp³-hybridized carbons (Fsp3) is 0.0727. The summed E-state index contributed by atoms with van der Waals surface area (Å²) in [5.41, 5.74) is 13.6. The monoisotopic (exact) mass is 771 g/mol. The van der Waals surface area contributed by atoms with Crippen LogP contribution in [0, 0.1) is 0 Å². The molecule has 5 nitrogen and oxygen atoms in total. The first kappa shape index (κ1) is 35.5. The molecule has 0 atom stereocenters. The van der Waals surface area contributed by atoms with Crippen molar-refractivity contribution in [3.8, 4) is 56.7 Å². The second-order valence-corrected chi connectivity index (χ2v) is 15.5. The quantitative estimate of drug-likeness (QED) is 0.147. The maximum absolute atomic E-state index is 4.96. The molecule has 0 saturated carbocycles. The minimum atomic E-state index is 0.644. The van der Waals surface area contributed by atoms with Gasteiger partial charge in [0.15, 0.2) is 17.5 Å². The van der Waals surface area contributed by atoms with E-state index in [1.807, 2.05) is 60.7 Å². The predicted molar refractivity (Wildman–Crippen MR) is 249 cm³/mol. The predicted octanol–water partition coefficient (Wildman–Crippen LogP) is 14.1. The third-order valence-corrected chi connectivity index (χ3v) is 11.7. The lowest BCUT2D eigenvalue weighted by atomic mass is 10.0. The van der Waals surface area contributed by atoms with Crippen molar-refractivity contribution in [1.29, 1.82) is 0 Å². The Bertz CT molecular complexity index is 3270. The molecule has 60 heavy (non-hydrogen) atoms. The summed E-state index contributed by atoms with van der Waals surface area (Å²) in [6, 6.07) is 69.2. The molecule has 0 aliphatic rings. The number of fused-ring (bicyclic) bond motifs is 6. The SMILES string of the molecule is CCCCc1ccc2c(c1)c1cc3c4ccccc4n(-c4ccccc4)c3cc1n2-c1cccc(-c2ccc(-c3nc(-c4ccccc4)nc(-c4ccccc4)n3)cc2)c1. The second-order valence-electron chi connectivity index (χ2n) is 15.5. The van der Waals surface area contributed by atoms with E-state index in [4.69, 9.17) is 15.0 Å². The van der Waals surface area contributed by atoms with Crippen molar-refractivity contribution in [3.63, 3.8) is 0 Å². The van der Waals surface area contributed by atoms with Crippen LogP contribution < -0.4 is 0 Å². The zero-order valence-corrected chi connectivity index (χ0v) is 33.3. The maximum atomic E-state index is 4.96. The molecular weight excluding hydrogens is 731 g/mol. The minimum Gasteiger partial charge on any atom is -0.309 e. The van der Waals surface area contributed by atoms with Crippen molar-refractivity contribution in [1.82, 2.24) is 24.1 Å². The summed E-state index contributed by atoms with van der Waals surface area (Å²) in [6.45, 7) is 2.26. The maximum Gasteiger partial charge on any atom is 0.164 e. The van der Waals surface area contributed by atoms with Crippen LogP contribution in [0.3, 0.4) is 0 Å². The van der Waals surface area contributed by atoms with Gasteiger partial charge in [-0.2, -0.15) is 0 Å². The Hall–Kier alpha value is -7.63. The molecule has 0 N–H and O–H groups in total. The third-order valence-electron chi connectivity index (χ3n) is 11.7. The van der Waals surface area contributed by atoms with Crippen LogP contribution in [0.25, 0.3) is 100 Å². The molecule has 286 valence electrons. The summed E-state index contributed by atoms with van der Waals surface area (Å²) in [4.78, 5) is 14.8. The number of aryl methyl sites for hydroxylation is 1. The molecule has 0 unspecified atom stereocenters. The highest BCUT2D eigenvalue weighted by molar-refractivity contribution is 6.19. The molecule has 5 heteroatoms. The van der Waals surface area contributed by atoms with E-state index in [-0.39, 0.29) is 0 Å². The van der Waals surface area contributed by atoms with E-state index in [1.54, 1.807) is 0 Å². The van der Waals surface area contributed by atoms with Crippen molar-refractivity contribution < 1.29 is 0 Å². The Morgan fingerprint density at radius 1 is 0.350 bits per heavy atom. The molecule has 3 aromatic heterocycles. The van der Waals surface area contributed by atoms with Gasteiger partial charge in [-0.3, -0.25) is 0 Å². The van der Waals surface area contributed by atoms with Crippen molar-refractivity contribution in [2.75, 3.05) is 0 Å². The van der Waals surface area contributed by atoms with Crippen molar-refractivity contribution in [2.24, 2.45) is 0 Å². The summed E-state index contributed by atoms with van der Waals surface area (Å²) < 4.78 is 4.87. The van der Waals surface area contributed by atoms with E-state index in [0.29, 0.717) is 17.5 Å². The lowest BCUT2D eigenvalue weighted by Crippen LogP contribution is -2.00. The standard InChI is InChI=1S/C55H41N5/c1-2-3-16-37-27-32-50-46(33-37)48-35-47-45-25-13-14-26-49(45)59(43-22-11-6-12-23-43)51(47)36-52(48)60(50)44-24-15-21-42(34-44)38-28-30-41(31-29-38)55-57-53(39-17-7-4-8-18-39)56-54(58-55)40-19-9-5-10-20-40/h4-15,17-36H,2-3,16H2,1H3. The molecule has 0 amide bonds. The largest absolute Gasteiger partial charge is 0.309 e. The number of hydrogen-bond donors (Lipinski definition) is 0. The molecule has 0 bridgehead atoms. The molecular formula is C55H41N5. The fourth-order valence-corrected chi connectivity index (χ4v) is 8.77. The topological polar surface area (TPSA) is 48.5 Å². The van der Waals surface area contributed by atoms with E-state index in [2.05, 4.69) is 150 Å². The lowest BCUT2D eigenvalue weighted by molar-refractivity contribution is 0.796. The number of rotatable bonds is 9. The van der Waals surface area contributed by atoms with Gasteiger partial charge < -0.3 is 9.13 Å². The Balaban J connectivity index is 1.05. The summed E-state index contributed by atoms with van der Waals surface area (Å²) in [5.74, 6) is 1.95. The summed E-state index contributed by atoms with van der Waals surface area (Å²) in [6.07, 6.45) is 3.42. The van der Waals surface area contributed by atoms with Crippen molar-refractivity contribution >= 4 is 43.6 Å². The Morgan fingerprint density at radius 3 is 1.52 bits per heavy atom. The number of hydrogen-bond acceptors (Lipinski definition) is 3.